The van der Waals surface area contributed by atoms with Crippen LogP contribution in [0.15, 0.2) is 39.6 Å². The number of carbonyl (C=O) groups excluding carboxylic acids is 1. The standard InChI is InChI=1S/C21H21ClN2O4/c1-12(2)11-24-21(22)17(14(4)23-24)7-8-19(25)27-15-5-6-16-13(3)9-20(26)28-18(16)10-15/h5-10,12H,11H2,1-4H3/b8-7+. The Morgan fingerprint density at radius 2 is 2.07 bits per heavy atom. The van der Waals surface area contributed by atoms with Crippen molar-refractivity contribution in [1.82, 2.24) is 9.78 Å². The molecule has 3 aromatic rings. The fourth-order valence-electron chi connectivity index (χ4n) is 2.89. The summed E-state index contributed by atoms with van der Waals surface area (Å²) < 4.78 is 12.2. The lowest BCUT2D eigenvalue weighted by atomic mass is 10.1. The first-order valence-corrected chi connectivity index (χ1v) is 9.29. The second-order valence-electron chi connectivity index (χ2n) is 7.03. The lowest BCUT2D eigenvalue weighted by Crippen LogP contribution is -2.06. The number of rotatable bonds is 5. The largest absolute Gasteiger partial charge is 0.423 e. The Hall–Kier alpha value is -2.86. The van der Waals surface area contributed by atoms with Gasteiger partial charge in [0.25, 0.3) is 0 Å². The SMILES string of the molecule is Cc1nn(CC(C)C)c(Cl)c1/C=C/C(=O)Oc1ccc2c(C)cc(=O)oc2c1. The van der Waals surface area contributed by atoms with Crippen LogP contribution in [-0.2, 0) is 11.3 Å². The smallest absolute Gasteiger partial charge is 0.336 e. The van der Waals surface area contributed by atoms with Crippen LogP contribution in [0.25, 0.3) is 17.0 Å². The van der Waals surface area contributed by atoms with Gasteiger partial charge in [-0.2, -0.15) is 5.10 Å². The highest BCUT2D eigenvalue weighted by Crippen LogP contribution is 2.24. The third-order valence-corrected chi connectivity index (χ3v) is 4.57. The molecule has 0 unspecified atom stereocenters. The van der Waals surface area contributed by atoms with Crippen molar-refractivity contribution in [2.75, 3.05) is 0 Å². The van der Waals surface area contributed by atoms with Gasteiger partial charge in [0.2, 0.25) is 0 Å². The number of nitrogens with zero attached hydrogens (tertiary/aromatic N) is 2. The molecule has 3 rings (SSSR count). The van der Waals surface area contributed by atoms with Gasteiger partial charge in [0.15, 0.2) is 0 Å². The van der Waals surface area contributed by atoms with Crippen molar-refractivity contribution in [3.8, 4) is 5.75 Å². The number of ether oxygens (including phenoxy) is 1. The number of aromatic nitrogens is 2. The van der Waals surface area contributed by atoms with Crippen LogP contribution >= 0.6 is 11.6 Å². The maximum atomic E-state index is 12.2. The van der Waals surface area contributed by atoms with Crippen molar-refractivity contribution in [3.63, 3.8) is 0 Å². The van der Waals surface area contributed by atoms with Crippen LogP contribution in [0, 0.1) is 19.8 Å². The van der Waals surface area contributed by atoms with E-state index >= 15 is 0 Å². The summed E-state index contributed by atoms with van der Waals surface area (Å²) in [6.45, 7) is 8.50. The van der Waals surface area contributed by atoms with E-state index in [9.17, 15) is 9.59 Å². The molecule has 0 atom stereocenters. The zero-order valence-corrected chi connectivity index (χ0v) is 16.9. The molecule has 0 N–H and O–H groups in total. The molecule has 0 radical (unpaired) electrons. The van der Waals surface area contributed by atoms with Gasteiger partial charge in [-0.25, -0.2) is 9.59 Å². The van der Waals surface area contributed by atoms with Crippen LogP contribution in [0.4, 0.5) is 0 Å². The monoisotopic (exact) mass is 400 g/mol. The van der Waals surface area contributed by atoms with Crippen molar-refractivity contribution < 1.29 is 13.9 Å². The predicted molar refractivity (Wildman–Crippen MR) is 109 cm³/mol. The number of carbonyl (C=O) groups is 1. The molecule has 1 aromatic carbocycles. The van der Waals surface area contributed by atoms with Crippen LogP contribution in [-0.4, -0.2) is 15.7 Å². The number of hydrogen-bond acceptors (Lipinski definition) is 5. The van der Waals surface area contributed by atoms with E-state index in [-0.39, 0.29) is 5.75 Å². The van der Waals surface area contributed by atoms with E-state index in [1.54, 1.807) is 22.9 Å². The summed E-state index contributed by atoms with van der Waals surface area (Å²) >= 11 is 6.37. The van der Waals surface area contributed by atoms with Gasteiger partial charge >= 0.3 is 11.6 Å². The fourth-order valence-corrected chi connectivity index (χ4v) is 3.20. The van der Waals surface area contributed by atoms with E-state index in [0.29, 0.717) is 28.8 Å². The summed E-state index contributed by atoms with van der Waals surface area (Å²) in [5.41, 5.74) is 2.13. The molecule has 0 fully saturated rings. The molecule has 2 heterocycles. The minimum atomic E-state index is -0.568. The molecule has 0 bridgehead atoms. The molecule has 0 saturated carbocycles. The fraction of sp³-hybridized carbons (Fsp3) is 0.286. The van der Waals surface area contributed by atoms with E-state index in [1.165, 1.54) is 18.2 Å². The Balaban J connectivity index is 1.78. The zero-order valence-electron chi connectivity index (χ0n) is 16.2. The van der Waals surface area contributed by atoms with Crippen LogP contribution < -0.4 is 10.4 Å². The number of benzene rings is 1. The predicted octanol–water partition coefficient (Wildman–Crippen LogP) is 4.53. The number of aryl methyl sites for hydroxylation is 2. The van der Waals surface area contributed by atoms with Gasteiger partial charge in [-0.1, -0.05) is 25.4 Å². The Labute approximate surface area is 167 Å². The minimum Gasteiger partial charge on any atom is -0.423 e. The summed E-state index contributed by atoms with van der Waals surface area (Å²) in [6, 6.07) is 6.34. The normalized spacial score (nSPS) is 11.6. The van der Waals surface area contributed by atoms with Crippen molar-refractivity contribution in [2.24, 2.45) is 5.92 Å². The minimum absolute atomic E-state index is 0.286. The van der Waals surface area contributed by atoms with Gasteiger partial charge in [0.1, 0.15) is 16.5 Å². The van der Waals surface area contributed by atoms with Gasteiger partial charge in [-0.15, -0.1) is 0 Å². The molecular weight excluding hydrogens is 380 g/mol. The third-order valence-electron chi connectivity index (χ3n) is 4.17. The van der Waals surface area contributed by atoms with Gasteiger partial charge < -0.3 is 9.15 Å². The van der Waals surface area contributed by atoms with Crippen LogP contribution in [0.3, 0.4) is 0 Å². The lowest BCUT2D eigenvalue weighted by molar-refractivity contribution is -0.128. The molecule has 0 amide bonds. The highest BCUT2D eigenvalue weighted by Gasteiger charge is 2.13. The van der Waals surface area contributed by atoms with Crippen LogP contribution in [0.5, 0.6) is 5.75 Å². The Bertz CT molecular complexity index is 1130. The second kappa shape index (κ2) is 8.02. The summed E-state index contributed by atoms with van der Waals surface area (Å²) in [5.74, 6) is 0.117. The van der Waals surface area contributed by atoms with E-state index in [0.717, 1.165) is 16.6 Å². The summed E-state index contributed by atoms with van der Waals surface area (Å²) in [5, 5.41) is 5.67. The molecule has 146 valence electrons. The zero-order chi connectivity index (χ0) is 20.4. The van der Waals surface area contributed by atoms with Gasteiger partial charge in [-0.05, 0) is 43.5 Å². The summed E-state index contributed by atoms with van der Waals surface area (Å²) in [6.07, 6.45) is 2.89. The lowest BCUT2D eigenvalue weighted by Gasteiger charge is -2.05. The van der Waals surface area contributed by atoms with Gasteiger partial charge in [-0.3, -0.25) is 4.68 Å². The van der Waals surface area contributed by atoms with Gasteiger partial charge in [0, 0.05) is 35.7 Å². The first-order valence-electron chi connectivity index (χ1n) is 8.92. The van der Waals surface area contributed by atoms with Crippen molar-refractivity contribution in [3.05, 3.63) is 62.7 Å². The van der Waals surface area contributed by atoms with E-state index in [1.807, 2.05) is 13.8 Å². The van der Waals surface area contributed by atoms with Crippen LogP contribution in [0.1, 0.15) is 30.7 Å². The number of fused-ring (bicyclic) bond motifs is 1. The molecule has 0 spiro atoms. The average molecular weight is 401 g/mol. The third kappa shape index (κ3) is 4.34. The molecule has 0 aliphatic rings. The van der Waals surface area contributed by atoms with Crippen molar-refractivity contribution >= 4 is 34.6 Å². The number of esters is 1. The summed E-state index contributed by atoms with van der Waals surface area (Å²) in [7, 11) is 0. The molecule has 6 nitrogen and oxygen atoms in total. The van der Waals surface area contributed by atoms with Gasteiger partial charge in [0.05, 0.1) is 5.69 Å². The first-order chi connectivity index (χ1) is 13.2. The maximum absolute atomic E-state index is 12.2. The quantitative estimate of drug-likeness (QED) is 0.272. The summed E-state index contributed by atoms with van der Waals surface area (Å²) in [4.78, 5) is 23.7. The van der Waals surface area contributed by atoms with E-state index < -0.39 is 11.6 Å². The van der Waals surface area contributed by atoms with E-state index in [2.05, 4.69) is 18.9 Å². The molecule has 0 aliphatic heterocycles. The average Bonchev–Trinajstić information content (AvgIpc) is 2.85. The van der Waals surface area contributed by atoms with Crippen molar-refractivity contribution in [2.45, 2.75) is 34.2 Å². The Morgan fingerprint density at radius 3 is 2.79 bits per heavy atom. The topological polar surface area (TPSA) is 74.3 Å². The van der Waals surface area contributed by atoms with Crippen molar-refractivity contribution in [1.29, 1.82) is 0 Å². The molecule has 7 heteroatoms. The maximum Gasteiger partial charge on any atom is 0.336 e. The molecule has 28 heavy (non-hydrogen) atoms. The second-order valence-corrected chi connectivity index (χ2v) is 7.38. The van der Waals surface area contributed by atoms with Crippen LogP contribution in [0.2, 0.25) is 5.15 Å². The number of halogens is 1. The number of hydrogen-bond donors (Lipinski definition) is 0. The Morgan fingerprint density at radius 1 is 1.32 bits per heavy atom. The Kier molecular flexibility index (Phi) is 5.70. The van der Waals surface area contributed by atoms with E-state index in [4.69, 9.17) is 20.8 Å². The highest BCUT2D eigenvalue weighted by molar-refractivity contribution is 6.31. The molecule has 2 aromatic heterocycles. The first kappa shape index (κ1) is 19.9. The molecular formula is C21H21ClN2O4. The molecule has 0 aliphatic carbocycles. The molecule has 0 saturated heterocycles. The highest BCUT2D eigenvalue weighted by atomic mass is 35.5.